The molecule has 0 spiro atoms. The minimum absolute atomic E-state index is 0.227. The van der Waals surface area contributed by atoms with Crippen molar-refractivity contribution in [1.29, 1.82) is 0 Å². The number of carbonyl (C=O) groups is 1. The molecule has 0 saturated carbocycles. The van der Waals surface area contributed by atoms with E-state index in [1.807, 2.05) is 29.2 Å². The first-order valence-corrected chi connectivity index (χ1v) is 8.24. The number of fused-ring (bicyclic) bond motifs is 1. The number of benzene rings is 2. The molecule has 1 N–H and O–H groups in total. The molecule has 2 aromatic carbocycles. The van der Waals surface area contributed by atoms with E-state index in [1.54, 1.807) is 12.1 Å². The molecule has 22 heavy (non-hydrogen) atoms. The van der Waals surface area contributed by atoms with Crippen LogP contribution < -0.4 is 4.90 Å². The summed E-state index contributed by atoms with van der Waals surface area (Å²) in [5.74, 6) is -1.28. The molecular formula is C16H16NO4S-. The Labute approximate surface area is 130 Å². The largest absolute Gasteiger partial charge is 0.768 e. The molecule has 2 atom stereocenters. The summed E-state index contributed by atoms with van der Waals surface area (Å²) in [6.45, 7) is 1.01. The van der Waals surface area contributed by atoms with Crippen molar-refractivity contribution in [2.45, 2.75) is 17.7 Å². The Morgan fingerprint density at radius 2 is 2.05 bits per heavy atom. The van der Waals surface area contributed by atoms with Gasteiger partial charge in [-0.2, -0.15) is 0 Å². The molecular weight excluding hydrogens is 302 g/mol. The summed E-state index contributed by atoms with van der Waals surface area (Å²) in [4.78, 5) is 13.4. The molecule has 1 heterocycles. The Hall–Kier alpha value is -1.92. The van der Waals surface area contributed by atoms with Crippen molar-refractivity contribution >= 4 is 33.5 Å². The lowest BCUT2D eigenvalue weighted by Crippen LogP contribution is -2.39. The third-order valence-electron chi connectivity index (χ3n) is 4.13. The Kier molecular flexibility index (Phi) is 4.13. The van der Waals surface area contributed by atoms with Gasteiger partial charge in [0.25, 0.3) is 0 Å². The molecule has 1 aliphatic rings. The number of hydrogen-bond acceptors (Lipinski definition) is 4. The second-order valence-electron chi connectivity index (χ2n) is 5.49. The summed E-state index contributed by atoms with van der Waals surface area (Å²) in [5, 5.41) is 11.0. The highest BCUT2D eigenvalue weighted by Crippen LogP contribution is 2.35. The molecule has 116 valence electrons. The third kappa shape index (κ3) is 2.71. The number of anilines is 1. The van der Waals surface area contributed by atoms with Crippen LogP contribution in [0.2, 0.25) is 0 Å². The van der Waals surface area contributed by atoms with Crippen LogP contribution in [0.4, 0.5) is 5.69 Å². The van der Waals surface area contributed by atoms with Gasteiger partial charge >= 0.3 is 5.97 Å². The van der Waals surface area contributed by atoms with E-state index in [0.717, 1.165) is 17.2 Å². The summed E-state index contributed by atoms with van der Waals surface area (Å²) >= 11 is -2.36. The number of carboxylic acid groups (broad SMARTS) is 1. The van der Waals surface area contributed by atoms with Crippen molar-refractivity contribution in [2.75, 3.05) is 18.0 Å². The van der Waals surface area contributed by atoms with Crippen LogP contribution in [0.3, 0.4) is 0 Å². The van der Waals surface area contributed by atoms with Gasteiger partial charge in [0.1, 0.15) is 0 Å². The van der Waals surface area contributed by atoms with Crippen molar-refractivity contribution in [3.63, 3.8) is 0 Å². The zero-order valence-electron chi connectivity index (χ0n) is 11.9. The lowest BCUT2D eigenvalue weighted by atomic mass is 9.97. The predicted octanol–water partition coefficient (Wildman–Crippen LogP) is 2.38. The molecule has 0 amide bonds. The Morgan fingerprint density at radius 1 is 1.27 bits per heavy atom. The first-order chi connectivity index (χ1) is 10.6. The second kappa shape index (κ2) is 6.06. The fourth-order valence-corrected chi connectivity index (χ4v) is 3.65. The van der Waals surface area contributed by atoms with Crippen LogP contribution in [0, 0.1) is 5.92 Å². The average molecular weight is 318 g/mol. The van der Waals surface area contributed by atoms with Gasteiger partial charge in [-0.15, -0.1) is 0 Å². The highest BCUT2D eigenvalue weighted by atomic mass is 32.2. The van der Waals surface area contributed by atoms with E-state index < -0.39 is 23.0 Å². The van der Waals surface area contributed by atoms with Gasteiger partial charge in [-0.05, 0) is 35.4 Å². The summed E-state index contributed by atoms with van der Waals surface area (Å²) in [5.41, 5.74) is 0.623. The van der Waals surface area contributed by atoms with Crippen molar-refractivity contribution < 1.29 is 18.7 Å². The molecule has 2 unspecified atom stereocenters. The molecule has 3 rings (SSSR count). The maximum absolute atomic E-state index is 11.6. The van der Waals surface area contributed by atoms with Crippen LogP contribution in [0.25, 0.3) is 10.8 Å². The summed E-state index contributed by atoms with van der Waals surface area (Å²) in [6.07, 6.45) is 1.37. The smallest absolute Gasteiger partial charge is 0.308 e. The van der Waals surface area contributed by atoms with E-state index in [0.29, 0.717) is 25.2 Å². The number of aliphatic carboxylic acids is 1. The molecule has 0 aliphatic carbocycles. The Bertz CT molecular complexity index is 746. The lowest BCUT2D eigenvalue weighted by Gasteiger charge is -2.35. The fraction of sp³-hybridized carbons (Fsp3) is 0.312. The van der Waals surface area contributed by atoms with Crippen molar-refractivity contribution in [2.24, 2.45) is 5.92 Å². The van der Waals surface area contributed by atoms with Crippen LogP contribution in [-0.2, 0) is 15.9 Å². The molecule has 6 heteroatoms. The zero-order chi connectivity index (χ0) is 15.7. The monoisotopic (exact) mass is 318 g/mol. The molecule has 0 aromatic heterocycles. The highest BCUT2D eigenvalue weighted by molar-refractivity contribution is 7.79. The van der Waals surface area contributed by atoms with Gasteiger partial charge in [-0.3, -0.25) is 9.00 Å². The van der Waals surface area contributed by atoms with E-state index in [1.165, 1.54) is 0 Å². The molecule has 0 bridgehead atoms. The van der Waals surface area contributed by atoms with Crippen LogP contribution in [-0.4, -0.2) is 32.9 Å². The molecule has 2 aromatic rings. The van der Waals surface area contributed by atoms with Crippen molar-refractivity contribution in [1.82, 2.24) is 0 Å². The molecule has 5 nitrogen and oxygen atoms in total. The average Bonchev–Trinajstić information content (AvgIpc) is 2.53. The minimum Gasteiger partial charge on any atom is -0.768 e. The zero-order valence-corrected chi connectivity index (χ0v) is 12.7. The quantitative estimate of drug-likeness (QED) is 0.879. The van der Waals surface area contributed by atoms with Gasteiger partial charge in [-0.25, -0.2) is 0 Å². The Balaban J connectivity index is 2.13. The maximum atomic E-state index is 11.6. The number of hydrogen-bond donors (Lipinski definition) is 1. The number of nitrogens with zero attached hydrogens (tertiary/aromatic N) is 1. The molecule has 1 aliphatic heterocycles. The van der Waals surface area contributed by atoms with Crippen LogP contribution in [0.15, 0.2) is 41.3 Å². The standard InChI is InChI=1S/C16H17NO4S/c18-16(19)12-5-3-9-17(10-12)15-13-6-2-1-4-11(13)7-8-14(15)22(20)21/h1-2,4,6-8,12H,3,5,9-10H2,(H,18,19)(H,20,21)/p-1. The second-order valence-corrected chi connectivity index (χ2v) is 6.40. The van der Waals surface area contributed by atoms with E-state index in [2.05, 4.69) is 0 Å². The minimum atomic E-state index is -2.36. The predicted molar refractivity (Wildman–Crippen MR) is 83.7 cm³/mol. The summed E-state index contributed by atoms with van der Waals surface area (Å²) in [6, 6.07) is 10.9. The number of rotatable bonds is 3. The van der Waals surface area contributed by atoms with Gasteiger partial charge < -0.3 is 14.6 Å². The molecule has 0 radical (unpaired) electrons. The van der Waals surface area contributed by atoms with Crippen molar-refractivity contribution in [3.8, 4) is 0 Å². The number of piperidine rings is 1. The van der Waals surface area contributed by atoms with Gasteiger partial charge in [-0.1, -0.05) is 30.3 Å². The third-order valence-corrected chi connectivity index (χ3v) is 4.82. The molecule has 1 fully saturated rings. The van der Waals surface area contributed by atoms with Crippen LogP contribution >= 0.6 is 0 Å². The topological polar surface area (TPSA) is 80.7 Å². The molecule has 1 saturated heterocycles. The van der Waals surface area contributed by atoms with E-state index in [-0.39, 0.29) is 4.90 Å². The van der Waals surface area contributed by atoms with Gasteiger partial charge in [0.2, 0.25) is 0 Å². The fourth-order valence-electron chi connectivity index (χ4n) is 3.08. The maximum Gasteiger partial charge on any atom is 0.308 e. The van der Waals surface area contributed by atoms with Gasteiger partial charge in [0.05, 0.1) is 11.6 Å². The summed E-state index contributed by atoms with van der Waals surface area (Å²) in [7, 11) is 0. The highest BCUT2D eigenvalue weighted by Gasteiger charge is 2.27. The van der Waals surface area contributed by atoms with E-state index in [9.17, 15) is 18.7 Å². The van der Waals surface area contributed by atoms with E-state index >= 15 is 0 Å². The first-order valence-electron chi connectivity index (χ1n) is 7.16. The first kappa shape index (κ1) is 15.0. The lowest BCUT2D eigenvalue weighted by molar-refractivity contribution is -0.141. The summed E-state index contributed by atoms with van der Waals surface area (Å²) < 4.78 is 23.2. The van der Waals surface area contributed by atoms with Gasteiger partial charge in [0, 0.05) is 23.4 Å². The van der Waals surface area contributed by atoms with Gasteiger partial charge in [0.15, 0.2) is 0 Å². The Morgan fingerprint density at radius 3 is 2.77 bits per heavy atom. The normalized spacial score (nSPS) is 20.0. The van der Waals surface area contributed by atoms with Crippen molar-refractivity contribution in [3.05, 3.63) is 36.4 Å². The van der Waals surface area contributed by atoms with Crippen LogP contribution in [0.1, 0.15) is 12.8 Å². The number of carboxylic acids is 1. The van der Waals surface area contributed by atoms with Crippen LogP contribution in [0.5, 0.6) is 0 Å². The SMILES string of the molecule is O=C(O)C1CCCN(c2c(S(=O)[O-])ccc3ccccc23)C1. The van der Waals surface area contributed by atoms with E-state index in [4.69, 9.17) is 0 Å².